The van der Waals surface area contributed by atoms with Crippen LogP contribution in [0.1, 0.15) is 26.5 Å². The highest BCUT2D eigenvalue weighted by Gasteiger charge is 2.39. The molecule has 2 amide bonds. The van der Waals surface area contributed by atoms with E-state index in [4.69, 9.17) is 4.74 Å². The fraction of sp³-hybridized carbons (Fsp3) is 0.294. The Morgan fingerprint density at radius 3 is 2.93 bits per heavy atom. The van der Waals surface area contributed by atoms with Crippen molar-refractivity contribution in [2.24, 2.45) is 0 Å². The average molecular weight is 392 g/mol. The highest BCUT2D eigenvalue weighted by Crippen LogP contribution is 2.26. The first-order chi connectivity index (χ1) is 13.4. The van der Waals surface area contributed by atoms with Crippen LogP contribution in [-0.4, -0.2) is 50.8 Å². The molecule has 4 rings (SSSR count). The van der Waals surface area contributed by atoms with E-state index >= 15 is 0 Å². The van der Waals surface area contributed by atoms with Crippen molar-refractivity contribution in [2.75, 3.05) is 13.2 Å². The van der Waals surface area contributed by atoms with Gasteiger partial charge in [0.1, 0.15) is 17.2 Å². The van der Waals surface area contributed by atoms with E-state index in [1.807, 2.05) is 0 Å². The number of aromatic nitrogens is 2. The highest BCUT2D eigenvalue weighted by molar-refractivity contribution is 5.99. The minimum Gasteiger partial charge on any atom is -0.503 e. The number of halogens is 2. The molecule has 4 heterocycles. The Morgan fingerprint density at radius 2 is 2.18 bits per heavy atom. The maximum absolute atomic E-state index is 13.6. The van der Waals surface area contributed by atoms with Crippen LogP contribution in [-0.2, 0) is 17.8 Å². The molecule has 0 radical (unpaired) electrons. The summed E-state index contributed by atoms with van der Waals surface area (Å²) in [5, 5.41) is 12.5. The summed E-state index contributed by atoms with van der Waals surface area (Å²) in [6.45, 7) is 0.420. The summed E-state index contributed by atoms with van der Waals surface area (Å²) in [6.07, 6.45) is 1.40. The third-order valence-electron chi connectivity index (χ3n) is 4.61. The van der Waals surface area contributed by atoms with E-state index in [1.165, 1.54) is 9.47 Å². The summed E-state index contributed by atoms with van der Waals surface area (Å²) in [5.74, 6) is -4.11. The first kappa shape index (κ1) is 18.0. The number of rotatable bonds is 3. The lowest BCUT2D eigenvalue weighted by Crippen LogP contribution is -2.46. The number of hydrogen-bond donors (Lipinski definition) is 2. The van der Waals surface area contributed by atoms with Crippen LogP contribution < -0.4 is 10.7 Å². The molecule has 28 heavy (non-hydrogen) atoms. The van der Waals surface area contributed by atoms with Crippen molar-refractivity contribution in [1.29, 1.82) is 0 Å². The number of nitrogens with one attached hydrogen (secondary N) is 1. The Hall–Kier alpha value is -3.34. The zero-order valence-corrected chi connectivity index (χ0v) is 14.3. The standard InChI is InChI=1S/C17H14F2N4O5/c18-8-3-10(19)11(20-4-8)5-21-16(26)9-6-22-7-12-23(1-2-28-12)17(27)13(22)15(25)14(9)24/h3-4,6,12,25H,1-2,5,7H2,(H,21,26). The Kier molecular flexibility index (Phi) is 4.30. The van der Waals surface area contributed by atoms with Crippen LogP contribution in [0.5, 0.6) is 5.75 Å². The monoisotopic (exact) mass is 392 g/mol. The Bertz CT molecular complexity index is 1050. The van der Waals surface area contributed by atoms with Gasteiger partial charge >= 0.3 is 0 Å². The van der Waals surface area contributed by atoms with Gasteiger partial charge < -0.3 is 24.6 Å². The van der Waals surface area contributed by atoms with E-state index in [2.05, 4.69) is 10.3 Å². The second kappa shape index (κ2) is 6.68. The lowest BCUT2D eigenvalue weighted by Gasteiger charge is -2.31. The molecule has 2 aliphatic heterocycles. The fourth-order valence-corrected chi connectivity index (χ4v) is 3.22. The van der Waals surface area contributed by atoms with Gasteiger partial charge in [-0.1, -0.05) is 0 Å². The number of aromatic hydroxyl groups is 1. The Morgan fingerprint density at radius 1 is 1.39 bits per heavy atom. The molecule has 1 saturated heterocycles. The topological polar surface area (TPSA) is 114 Å². The summed E-state index contributed by atoms with van der Waals surface area (Å²) >= 11 is 0. The van der Waals surface area contributed by atoms with Gasteiger partial charge in [0.15, 0.2) is 17.7 Å². The third-order valence-corrected chi connectivity index (χ3v) is 4.61. The summed E-state index contributed by atoms with van der Waals surface area (Å²) in [6, 6.07) is 0.618. The normalized spacial score (nSPS) is 18.0. The van der Waals surface area contributed by atoms with Crippen LogP contribution in [0.25, 0.3) is 0 Å². The highest BCUT2D eigenvalue weighted by atomic mass is 19.1. The van der Waals surface area contributed by atoms with Crippen molar-refractivity contribution in [3.05, 3.63) is 57.3 Å². The molecule has 1 fully saturated rings. The number of hydrogen-bond acceptors (Lipinski definition) is 6. The summed E-state index contributed by atoms with van der Waals surface area (Å²) in [7, 11) is 0. The lowest BCUT2D eigenvalue weighted by molar-refractivity contribution is 0.00845. The number of nitrogens with zero attached hydrogens (tertiary/aromatic N) is 3. The van der Waals surface area contributed by atoms with Crippen molar-refractivity contribution in [2.45, 2.75) is 19.3 Å². The van der Waals surface area contributed by atoms with E-state index in [0.717, 1.165) is 12.4 Å². The molecule has 146 valence electrons. The molecule has 0 spiro atoms. The summed E-state index contributed by atoms with van der Waals surface area (Å²) < 4.78 is 33.2. The number of carbonyl (C=O) groups is 2. The summed E-state index contributed by atoms with van der Waals surface area (Å²) in [4.78, 5) is 42.2. The molecule has 11 heteroatoms. The molecular formula is C17H14F2N4O5. The zero-order valence-electron chi connectivity index (χ0n) is 14.3. The number of amides is 2. The molecule has 2 N–H and O–H groups in total. The predicted molar refractivity (Wildman–Crippen MR) is 88.5 cm³/mol. The van der Waals surface area contributed by atoms with Crippen LogP contribution in [0.2, 0.25) is 0 Å². The van der Waals surface area contributed by atoms with Gasteiger partial charge in [-0.25, -0.2) is 8.78 Å². The quantitative estimate of drug-likeness (QED) is 0.758. The number of fused-ring (bicyclic) bond motifs is 2. The first-order valence-electron chi connectivity index (χ1n) is 8.34. The molecule has 0 bridgehead atoms. The first-order valence-corrected chi connectivity index (χ1v) is 8.34. The average Bonchev–Trinajstić information content (AvgIpc) is 3.12. The van der Waals surface area contributed by atoms with Crippen LogP contribution in [0, 0.1) is 11.6 Å². The number of carbonyl (C=O) groups excluding carboxylic acids is 2. The van der Waals surface area contributed by atoms with E-state index in [1.54, 1.807) is 0 Å². The SMILES string of the molecule is O=C(NCc1ncc(F)cc1F)c1cn2c(c(O)c1=O)C(=O)N1CCOC1C2. The number of ether oxygens (including phenoxy) is 1. The molecular weight excluding hydrogens is 378 g/mol. The van der Waals surface area contributed by atoms with Gasteiger partial charge in [0.05, 0.1) is 31.6 Å². The van der Waals surface area contributed by atoms with Crippen molar-refractivity contribution in [3.8, 4) is 5.75 Å². The molecule has 0 aliphatic carbocycles. The molecule has 1 unspecified atom stereocenters. The maximum Gasteiger partial charge on any atom is 0.276 e. The van der Waals surface area contributed by atoms with Gasteiger partial charge in [-0.05, 0) is 0 Å². The fourth-order valence-electron chi connectivity index (χ4n) is 3.22. The third kappa shape index (κ3) is 2.89. The second-order valence-electron chi connectivity index (χ2n) is 6.31. The largest absolute Gasteiger partial charge is 0.503 e. The molecule has 9 nitrogen and oxygen atoms in total. The van der Waals surface area contributed by atoms with E-state index in [0.29, 0.717) is 19.2 Å². The Balaban J connectivity index is 1.62. The molecule has 2 aromatic rings. The van der Waals surface area contributed by atoms with Crippen LogP contribution in [0.15, 0.2) is 23.3 Å². The molecule has 1 atom stereocenters. The second-order valence-corrected chi connectivity index (χ2v) is 6.31. The lowest BCUT2D eigenvalue weighted by atomic mass is 10.1. The smallest absolute Gasteiger partial charge is 0.276 e. The number of pyridine rings is 2. The maximum atomic E-state index is 13.6. The van der Waals surface area contributed by atoms with Gasteiger partial charge in [0, 0.05) is 18.8 Å². The van der Waals surface area contributed by atoms with E-state index in [-0.39, 0.29) is 17.9 Å². The minimum atomic E-state index is -1.02. The van der Waals surface area contributed by atoms with Crippen molar-refractivity contribution in [3.63, 3.8) is 0 Å². The van der Waals surface area contributed by atoms with E-state index < -0.39 is 53.0 Å². The summed E-state index contributed by atoms with van der Waals surface area (Å²) in [5.41, 5.74) is -1.89. The van der Waals surface area contributed by atoms with Crippen LogP contribution in [0.3, 0.4) is 0 Å². The van der Waals surface area contributed by atoms with Gasteiger partial charge in [0.25, 0.3) is 11.8 Å². The molecule has 2 aromatic heterocycles. The zero-order chi connectivity index (χ0) is 20.0. The van der Waals surface area contributed by atoms with Crippen molar-refractivity contribution >= 4 is 11.8 Å². The molecule has 0 saturated carbocycles. The van der Waals surface area contributed by atoms with Gasteiger partial charge in [-0.3, -0.25) is 19.4 Å². The van der Waals surface area contributed by atoms with Gasteiger partial charge in [0.2, 0.25) is 5.43 Å². The minimum absolute atomic E-state index is 0.142. The van der Waals surface area contributed by atoms with Crippen LogP contribution >= 0.6 is 0 Å². The van der Waals surface area contributed by atoms with Crippen LogP contribution in [0.4, 0.5) is 8.78 Å². The predicted octanol–water partition coefficient (Wildman–Crippen LogP) is -0.0308. The van der Waals surface area contributed by atoms with Gasteiger partial charge in [-0.15, -0.1) is 0 Å². The molecule has 0 aromatic carbocycles. The van der Waals surface area contributed by atoms with Crippen molar-refractivity contribution in [1.82, 2.24) is 19.8 Å². The van der Waals surface area contributed by atoms with Gasteiger partial charge in [-0.2, -0.15) is 0 Å². The Labute approximate surface area is 156 Å². The van der Waals surface area contributed by atoms with Crippen molar-refractivity contribution < 1.29 is 28.2 Å². The van der Waals surface area contributed by atoms with E-state index in [9.17, 15) is 28.3 Å². The molecule has 2 aliphatic rings.